The molecular weight excluding hydrogens is 234 g/mol. The van der Waals surface area contributed by atoms with Gasteiger partial charge >= 0.3 is 0 Å². The quantitative estimate of drug-likeness (QED) is 0.875. The largest absolute Gasteiger partial charge is 0.323 e. The molecule has 1 aliphatic carbocycles. The van der Waals surface area contributed by atoms with E-state index in [9.17, 15) is 8.78 Å². The normalized spacial score (nSPS) is 19.0. The minimum atomic E-state index is -0.833. The van der Waals surface area contributed by atoms with Gasteiger partial charge in [-0.2, -0.15) is 0 Å². The SMILES string of the molecule is CC(C1CC1)N(C)CC(N)c1cccc(F)c1F. The molecule has 2 unspecified atom stereocenters. The number of halogens is 2. The standard InChI is InChI=1S/C14H20F2N2/c1-9(10-6-7-10)18(2)8-13(17)11-4-3-5-12(15)14(11)16/h3-5,9-10,13H,6-8,17H2,1-2H3. The Balaban J connectivity index is 2.02. The van der Waals surface area contributed by atoms with Crippen molar-refractivity contribution < 1.29 is 8.78 Å². The smallest absolute Gasteiger partial charge is 0.163 e. The molecule has 1 saturated carbocycles. The van der Waals surface area contributed by atoms with Gasteiger partial charge in [-0.25, -0.2) is 8.78 Å². The molecule has 0 radical (unpaired) electrons. The molecule has 0 bridgehead atoms. The first-order valence-electron chi connectivity index (χ1n) is 6.40. The molecule has 0 saturated heterocycles. The Labute approximate surface area is 107 Å². The highest BCUT2D eigenvalue weighted by Gasteiger charge is 2.31. The molecule has 2 rings (SSSR count). The van der Waals surface area contributed by atoms with Crippen LogP contribution < -0.4 is 5.73 Å². The summed E-state index contributed by atoms with van der Waals surface area (Å²) in [5.41, 5.74) is 6.23. The number of nitrogens with zero attached hydrogens (tertiary/aromatic N) is 1. The third kappa shape index (κ3) is 2.87. The summed E-state index contributed by atoms with van der Waals surface area (Å²) in [4.78, 5) is 2.13. The minimum absolute atomic E-state index is 0.254. The summed E-state index contributed by atoms with van der Waals surface area (Å²) >= 11 is 0. The van der Waals surface area contributed by atoms with Crippen molar-refractivity contribution in [1.29, 1.82) is 0 Å². The maximum absolute atomic E-state index is 13.6. The Morgan fingerprint density at radius 1 is 1.39 bits per heavy atom. The van der Waals surface area contributed by atoms with Crippen molar-refractivity contribution in [2.75, 3.05) is 13.6 Å². The molecule has 18 heavy (non-hydrogen) atoms. The van der Waals surface area contributed by atoms with Gasteiger partial charge < -0.3 is 10.6 Å². The molecule has 1 aromatic rings. The van der Waals surface area contributed by atoms with Crippen molar-refractivity contribution in [1.82, 2.24) is 4.90 Å². The maximum atomic E-state index is 13.6. The first kappa shape index (κ1) is 13.4. The summed E-state index contributed by atoms with van der Waals surface area (Å²) in [6.07, 6.45) is 2.52. The van der Waals surface area contributed by atoms with Gasteiger partial charge in [0.25, 0.3) is 0 Å². The molecule has 1 aliphatic rings. The summed E-state index contributed by atoms with van der Waals surface area (Å²) < 4.78 is 26.7. The number of benzene rings is 1. The fraction of sp³-hybridized carbons (Fsp3) is 0.571. The van der Waals surface area contributed by atoms with Crippen LogP contribution in [-0.2, 0) is 0 Å². The molecule has 0 aliphatic heterocycles. The Hall–Kier alpha value is -1.00. The van der Waals surface area contributed by atoms with E-state index in [1.807, 2.05) is 7.05 Å². The molecule has 0 heterocycles. The zero-order chi connectivity index (χ0) is 13.3. The lowest BCUT2D eigenvalue weighted by Gasteiger charge is -2.27. The van der Waals surface area contributed by atoms with Crippen LogP contribution in [0.2, 0.25) is 0 Å². The third-order valence-electron chi connectivity index (χ3n) is 3.87. The summed E-state index contributed by atoms with van der Waals surface area (Å²) in [6.45, 7) is 2.70. The molecule has 0 aromatic heterocycles. The van der Waals surface area contributed by atoms with Crippen molar-refractivity contribution in [3.8, 4) is 0 Å². The molecule has 1 aromatic carbocycles. The Kier molecular flexibility index (Phi) is 3.97. The lowest BCUT2D eigenvalue weighted by Crippen LogP contribution is -2.37. The van der Waals surface area contributed by atoms with Gasteiger partial charge in [0.15, 0.2) is 11.6 Å². The summed E-state index contributed by atoms with van der Waals surface area (Å²) in [7, 11) is 1.99. The van der Waals surface area contributed by atoms with Crippen LogP contribution in [0.25, 0.3) is 0 Å². The molecule has 0 spiro atoms. The highest BCUT2D eigenvalue weighted by Crippen LogP contribution is 2.35. The second kappa shape index (κ2) is 5.33. The summed E-state index contributed by atoms with van der Waals surface area (Å²) in [5.74, 6) is -0.919. The second-order valence-electron chi connectivity index (χ2n) is 5.27. The summed E-state index contributed by atoms with van der Waals surface area (Å²) in [5, 5.41) is 0. The monoisotopic (exact) mass is 254 g/mol. The van der Waals surface area contributed by atoms with Crippen LogP contribution in [0.1, 0.15) is 31.4 Å². The van der Waals surface area contributed by atoms with Gasteiger partial charge in [-0.3, -0.25) is 0 Å². The highest BCUT2D eigenvalue weighted by atomic mass is 19.2. The number of likely N-dealkylation sites (N-methyl/N-ethyl adjacent to an activating group) is 1. The second-order valence-corrected chi connectivity index (χ2v) is 5.27. The predicted molar refractivity (Wildman–Crippen MR) is 68.1 cm³/mol. The van der Waals surface area contributed by atoms with Gasteiger partial charge in [-0.15, -0.1) is 0 Å². The number of nitrogens with two attached hydrogens (primary N) is 1. The molecule has 0 amide bonds. The minimum Gasteiger partial charge on any atom is -0.323 e. The molecule has 100 valence electrons. The first-order chi connectivity index (χ1) is 8.50. The van der Waals surface area contributed by atoms with Gasteiger partial charge in [0, 0.05) is 24.2 Å². The van der Waals surface area contributed by atoms with Crippen molar-refractivity contribution in [3.05, 3.63) is 35.4 Å². The Morgan fingerprint density at radius 3 is 2.67 bits per heavy atom. The zero-order valence-corrected chi connectivity index (χ0v) is 10.9. The van der Waals surface area contributed by atoms with Gasteiger partial charge in [0.1, 0.15) is 0 Å². The lowest BCUT2D eigenvalue weighted by molar-refractivity contribution is 0.220. The van der Waals surface area contributed by atoms with E-state index in [2.05, 4.69) is 11.8 Å². The highest BCUT2D eigenvalue weighted by molar-refractivity contribution is 5.22. The van der Waals surface area contributed by atoms with Gasteiger partial charge in [-0.1, -0.05) is 12.1 Å². The fourth-order valence-electron chi connectivity index (χ4n) is 2.32. The Bertz CT molecular complexity index is 418. The van der Waals surface area contributed by atoms with Gasteiger partial charge in [0.05, 0.1) is 0 Å². The lowest BCUT2D eigenvalue weighted by atomic mass is 10.1. The predicted octanol–water partition coefficient (Wildman–Crippen LogP) is 2.69. The zero-order valence-electron chi connectivity index (χ0n) is 10.9. The van der Waals surface area contributed by atoms with E-state index in [1.165, 1.54) is 18.9 Å². The van der Waals surface area contributed by atoms with E-state index >= 15 is 0 Å². The van der Waals surface area contributed by atoms with E-state index in [1.54, 1.807) is 6.07 Å². The van der Waals surface area contributed by atoms with Crippen LogP contribution in [-0.4, -0.2) is 24.5 Å². The van der Waals surface area contributed by atoms with Crippen molar-refractivity contribution in [2.45, 2.75) is 31.8 Å². The number of hydrogen-bond acceptors (Lipinski definition) is 2. The molecular formula is C14H20F2N2. The maximum Gasteiger partial charge on any atom is 0.163 e. The summed E-state index contributed by atoms with van der Waals surface area (Å²) in [6, 6.07) is 4.12. The van der Waals surface area contributed by atoms with Crippen LogP contribution >= 0.6 is 0 Å². The van der Waals surface area contributed by atoms with Crippen molar-refractivity contribution >= 4 is 0 Å². The van der Waals surface area contributed by atoms with Gasteiger partial charge in [0.2, 0.25) is 0 Å². The molecule has 1 fully saturated rings. The van der Waals surface area contributed by atoms with Crippen LogP contribution in [0.3, 0.4) is 0 Å². The van der Waals surface area contributed by atoms with Crippen LogP contribution in [0.5, 0.6) is 0 Å². The van der Waals surface area contributed by atoms with Gasteiger partial charge in [-0.05, 0) is 38.8 Å². The molecule has 2 atom stereocenters. The topological polar surface area (TPSA) is 29.3 Å². The van der Waals surface area contributed by atoms with E-state index in [4.69, 9.17) is 5.73 Å². The van der Waals surface area contributed by atoms with Crippen LogP contribution in [0, 0.1) is 17.6 Å². The van der Waals surface area contributed by atoms with Crippen LogP contribution in [0.15, 0.2) is 18.2 Å². The van der Waals surface area contributed by atoms with E-state index in [0.717, 1.165) is 12.0 Å². The number of rotatable bonds is 5. The molecule has 2 N–H and O–H groups in total. The van der Waals surface area contributed by atoms with E-state index < -0.39 is 17.7 Å². The fourth-order valence-corrected chi connectivity index (χ4v) is 2.32. The Morgan fingerprint density at radius 2 is 2.06 bits per heavy atom. The van der Waals surface area contributed by atoms with Crippen molar-refractivity contribution in [2.24, 2.45) is 11.7 Å². The third-order valence-corrected chi connectivity index (χ3v) is 3.87. The average molecular weight is 254 g/mol. The molecule has 2 nitrogen and oxygen atoms in total. The number of hydrogen-bond donors (Lipinski definition) is 1. The van der Waals surface area contributed by atoms with Crippen molar-refractivity contribution in [3.63, 3.8) is 0 Å². The first-order valence-corrected chi connectivity index (χ1v) is 6.40. The van der Waals surface area contributed by atoms with Crippen LogP contribution in [0.4, 0.5) is 8.78 Å². The van der Waals surface area contributed by atoms with E-state index in [-0.39, 0.29) is 5.56 Å². The molecule has 4 heteroatoms. The van der Waals surface area contributed by atoms with E-state index in [0.29, 0.717) is 12.6 Å². The average Bonchev–Trinajstić information content (AvgIpc) is 3.15.